The molecule has 0 unspecified atom stereocenters. The summed E-state index contributed by atoms with van der Waals surface area (Å²) in [5.41, 5.74) is 5.30. The van der Waals surface area contributed by atoms with Crippen molar-refractivity contribution in [2.24, 2.45) is 5.73 Å². The van der Waals surface area contributed by atoms with Gasteiger partial charge in [0.2, 0.25) is 11.8 Å². The third-order valence-electron chi connectivity index (χ3n) is 2.08. The number of rotatable bonds is 9. The number of hydrogen-bond acceptors (Lipinski definition) is 3. The lowest BCUT2D eigenvalue weighted by molar-refractivity contribution is -0.122. The zero-order valence-corrected chi connectivity index (χ0v) is 10.1. The van der Waals surface area contributed by atoms with E-state index in [0.717, 1.165) is 12.8 Å². The van der Waals surface area contributed by atoms with E-state index in [1.54, 1.807) is 0 Å². The Hall–Kier alpha value is -1.10. The van der Waals surface area contributed by atoms with Crippen molar-refractivity contribution in [1.82, 2.24) is 10.6 Å². The Kier molecular flexibility index (Phi) is 9.70. The summed E-state index contributed by atoms with van der Waals surface area (Å²) in [5, 5.41) is 5.52. The number of carbonyl (C=O) groups excluding carboxylic acids is 2. The predicted octanol–water partition coefficient (Wildman–Crippen LogP) is 0.148. The lowest BCUT2D eigenvalue weighted by Crippen LogP contribution is -2.27. The minimum absolute atomic E-state index is 0.00302. The van der Waals surface area contributed by atoms with Crippen molar-refractivity contribution in [3.05, 3.63) is 0 Å². The molecule has 0 saturated heterocycles. The Morgan fingerprint density at radius 1 is 1.00 bits per heavy atom. The van der Waals surface area contributed by atoms with Gasteiger partial charge in [0.1, 0.15) is 0 Å². The highest BCUT2D eigenvalue weighted by Gasteiger charge is 2.03. The number of nitrogens with one attached hydrogen (secondary N) is 2. The van der Waals surface area contributed by atoms with Crippen LogP contribution in [-0.4, -0.2) is 31.4 Å². The summed E-state index contributed by atoms with van der Waals surface area (Å²) in [7, 11) is 0. The largest absolute Gasteiger partial charge is 0.356 e. The average molecular weight is 229 g/mol. The van der Waals surface area contributed by atoms with Crippen LogP contribution in [0.25, 0.3) is 0 Å². The maximum atomic E-state index is 11.2. The minimum Gasteiger partial charge on any atom is -0.356 e. The highest BCUT2D eigenvalue weighted by molar-refractivity contribution is 5.78. The molecule has 0 aromatic rings. The Bertz CT molecular complexity index is 207. The van der Waals surface area contributed by atoms with Crippen LogP contribution in [0.2, 0.25) is 0 Å². The van der Waals surface area contributed by atoms with E-state index in [1.165, 1.54) is 0 Å². The van der Waals surface area contributed by atoms with Gasteiger partial charge < -0.3 is 16.4 Å². The number of amides is 2. The van der Waals surface area contributed by atoms with E-state index >= 15 is 0 Å². The summed E-state index contributed by atoms with van der Waals surface area (Å²) in [6, 6.07) is 0. The van der Waals surface area contributed by atoms with Crippen LogP contribution in [0.5, 0.6) is 0 Å². The zero-order valence-electron chi connectivity index (χ0n) is 10.1. The molecule has 0 aliphatic heterocycles. The van der Waals surface area contributed by atoms with Crippen LogP contribution in [0.4, 0.5) is 0 Å². The fourth-order valence-corrected chi connectivity index (χ4v) is 1.18. The molecule has 5 heteroatoms. The molecule has 0 aromatic carbocycles. The number of hydrogen-bond donors (Lipinski definition) is 3. The third kappa shape index (κ3) is 9.45. The first-order chi connectivity index (χ1) is 7.70. The smallest absolute Gasteiger partial charge is 0.220 e. The van der Waals surface area contributed by atoms with E-state index in [0.29, 0.717) is 38.9 Å². The lowest BCUT2D eigenvalue weighted by atomic mass is 10.2. The summed E-state index contributed by atoms with van der Waals surface area (Å²) in [6.07, 6.45) is 3.16. The van der Waals surface area contributed by atoms with Crippen molar-refractivity contribution >= 4 is 11.8 Å². The molecule has 2 amide bonds. The molecule has 0 rings (SSSR count). The lowest BCUT2D eigenvalue weighted by Gasteiger charge is -2.04. The van der Waals surface area contributed by atoms with Crippen LogP contribution in [0, 0.1) is 0 Å². The summed E-state index contributed by atoms with van der Waals surface area (Å²) in [6.45, 7) is 3.92. The van der Waals surface area contributed by atoms with Gasteiger partial charge in [-0.05, 0) is 25.8 Å². The van der Waals surface area contributed by atoms with Crippen molar-refractivity contribution in [1.29, 1.82) is 0 Å². The molecule has 0 atom stereocenters. The fourth-order valence-electron chi connectivity index (χ4n) is 1.18. The minimum atomic E-state index is -0.00302. The predicted molar refractivity (Wildman–Crippen MR) is 63.8 cm³/mol. The Labute approximate surface area is 97.2 Å². The van der Waals surface area contributed by atoms with Gasteiger partial charge in [-0.2, -0.15) is 0 Å². The van der Waals surface area contributed by atoms with Crippen molar-refractivity contribution in [3.63, 3.8) is 0 Å². The van der Waals surface area contributed by atoms with Crippen LogP contribution < -0.4 is 16.4 Å². The Morgan fingerprint density at radius 3 is 2.06 bits per heavy atom. The zero-order chi connectivity index (χ0) is 12.2. The SMILES string of the molecule is CCCNC(=O)CCCC(=O)NCCCN. The van der Waals surface area contributed by atoms with Gasteiger partial charge in [0.15, 0.2) is 0 Å². The highest BCUT2D eigenvalue weighted by atomic mass is 16.2. The van der Waals surface area contributed by atoms with Crippen molar-refractivity contribution < 1.29 is 9.59 Å². The molecule has 94 valence electrons. The maximum Gasteiger partial charge on any atom is 0.220 e. The third-order valence-corrected chi connectivity index (χ3v) is 2.08. The average Bonchev–Trinajstić information content (AvgIpc) is 2.26. The van der Waals surface area contributed by atoms with E-state index < -0.39 is 0 Å². The summed E-state index contributed by atoms with van der Waals surface area (Å²) in [4.78, 5) is 22.4. The van der Waals surface area contributed by atoms with Gasteiger partial charge in [-0.3, -0.25) is 9.59 Å². The van der Waals surface area contributed by atoms with Crippen molar-refractivity contribution in [2.45, 2.75) is 39.0 Å². The van der Waals surface area contributed by atoms with Crippen molar-refractivity contribution in [2.75, 3.05) is 19.6 Å². The van der Waals surface area contributed by atoms with Crippen LogP contribution in [-0.2, 0) is 9.59 Å². The molecule has 0 saturated carbocycles. The van der Waals surface area contributed by atoms with Crippen LogP contribution in [0.1, 0.15) is 39.0 Å². The van der Waals surface area contributed by atoms with Gasteiger partial charge in [0.05, 0.1) is 0 Å². The first kappa shape index (κ1) is 14.9. The molecule has 4 N–H and O–H groups in total. The summed E-state index contributed by atoms with van der Waals surface area (Å²) < 4.78 is 0. The van der Waals surface area contributed by atoms with Gasteiger partial charge in [-0.15, -0.1) is 0 Å². The van der Waals surface area contributed by atoms with Gasteiger partial charge in [0.25, 0.3) is 0 Å². The first-order valence-corrected chi connectivity index (χ1v) is 5.94. The van der Waals surface area contributed by atoms with E-state index in [4.69, 9.17) is 5.73 Å². The summed E-state index contributed by atoms with van der Waals surface area (Å²) in [5.74, 6) is 0.0216. The molecular formula is C11H23N3O2. The summed E-state index contributed by atoms with van der Waals surface area (Å²) >= 11 is 0. The molecule has 5 nitrogen and oxygen atoms in total. The quantitative estimate of drug-likeness (QED) is 0.492. The fraction of sp³-hybridized carbons (Fsp3) is 0.818. The first-order valence-electron chi connectivity index (χ1n) is 5.94. The monoisotopic (exact) mass is 229 g/mol. The molecule has 0 aromatic heterocycles. The molecule has 0 fully saturated rings. The van der Waals surface area contributed by atoms with E-state index in [-0.39, 0.29) is 11.8 Å². The van der Waals surface area contributed by atoms with Crippen LogP contribution in [0.15, 0.2) is 0 Å². The molecule has 0 heterocycles. The standard InChI is InChI=1S/C11H23N3O2/c1-2-8-13-10(15)5-3-6-11(16)14-9-4-7-12/h2-9,12H2,1H3,(H,13,15)(H,14,16). The molecule has 0 spiro atoms. The molecule has 0 aliphatic carbocycles. The highest BCUT2D eigenvalue weighted by Crippen LogP contribution is 1.95. The van der Waals surface area contributed by atoms with Crippen molar-refractivity contribution in [3.8, 4) is 0 Å². The second-order valence-corrected chi connectivity index (χ2v) is 3.70. The molecule has 16 heavy (non-hydrogen) atoms. The molecule has 0 bridgehead atoms. The number of nitrogens with two attached hydrogens (primary N) is 1. The van der Waals surface area contributed by atoms with Gasteiger partial charge in [-0.1, -0.05) is 6.92 Å². The molecule has 0 radical (unpaired) electrons. The Morgan fingerprint density at radius 2 is 1.56 bits per heavy atom. The van der Waals surface area contributed by atoms with Gasteiger partial charge in [-0.25, -0.2) is 0 Å². The molecular weight excluding hydrogens is 206 g/mol. The van der Waals surface area contributed by atoms with E-state index in [2.05, 4.69) is 10.6 Å². The maximum absolute atomic E-state index is 11.2. The Balaban J connectivity index is 3.36. The molecule has 0 aliphatic rings. The topological polar surface area (TPSA) is 84.2 Å². The van der Waals surface area contributed by atoms with Crippen LogP contribution >= 0.6 is 0 Å². The van der Waals surface area contributed by atoms with Gasteiger partial charge in [0, 0.05) is 25.9 Å². The normalized spacial score (nSPS) is 9.88. The van der Waals surface area contributed by atoms with E-state index in [9.17, 15) is 9.59 Å². The van der Waals surface area contributed by atoms with Crippen LogP contribution in [0.3, 0.4) is 0 Å². The van der Waals surface area contributed by atoms with Gasteiger partial charge >= 0.3 is 0 Å². The second kappa shape index (κ2) is 10.4. The van der Waals surface area contributed by atoms with E-state index in [1.807, 2.05) is 6.92 Å². The number of carbonyl (C=O) groups is 2. The second-order valence-electron chi connectivity index (χ2n) is 3.70.